The van der Waals surface area contributed by atoms with Gasteiger partial charge in [0.05, 0.1) is 5.01 Å². The number of aliphatic imine (C=N–C) groups is 1. The summed E-state index contributed by atoms with van der Waals surface area (Å²) in [5.41, 5.74) is 10.5. The van der Waals surface area contributed by atoms with Gasteiger partial charge in [0.2, 0.25) is 0 Å². The van der Waals surface area contributed by atoms with E-state index >= 15 is 0 Å². The summed E-state index contributed by atoms with van der Waals surface area (Å²) >= 11 is 1.71. The zero-order valence-corrected chi connectivity index (χ0v) is 16.4. The second-order valence-corrected chi connectivity index (χ2v) is 6.12. The molecule has 0 fully saturated rings. The average Bonchev–Trinajstić information content (AvgIpc) is 2.85. The Morgan fingerprint density at radius 3 is 2.68 bits per heavy atom. The first kappa shape index (κ1) is 18.9. The lowest BCUT2D eigenvalue weighted by Gasteiger charge is -2.08. The first-order valence-electron chi connectivity index (χ1n) is 7.10. The molecular formula is C16H23IN4S. The van der Waals surface area contributed by atoms with Crippen molar-refractivity contribution in [2.45, 2.75) is 33.6 Å². The van der Waals surface area contributed by atoms with Crippen LogP contribution in [0.15, 0.2) is 28.6 Å². The largest absolute Gasteiger partial charge is 0.370 e. The summed E-state index contributed by atoms with van der Waals surface area (Å²) < 4.78 is 0. The highest BCUT2D eigenvalue weighted by atomic mass is 127. The molecule has 0 radical (unpaired) electrons. The van der Waals surface area contributed by atoms with Gasteiger partial charge in [-0.2, -0.15) is 0 Å². The van der Waals surface area contributed by atoms with Gasteiger partial charge in [-0.1, -0.05) is 6.07 Å². The molecule has 3 N–H and O–H groups in total. The lowest BCUT2D eigenvalue weighted by atomic mass is 10.1. The van der Waals surface area contributed by atoms with Crippen molar-refractivity contribution in [2.75, 3.05) is 11.9 Å². The number of aryl methyl sites for hydroxylation is 4. The van der Waals surface area contributed by atoms with Crippen molar-refractivity contribution in [1.82, 2.24) is 4.98 Å². The molecule has 0 atom stereocenters. The second kappa shape index (κ2) is 9.09. The van der Waals surface area contributed by atoms with Crippen LogP contribution in [0.4, 0.5) is 5.69 Å². The quantitative estimate of drug-likeness (QED) is 0.326. The molecule has 0 saturated carbocycles. The number of hydrogen-bond donors (Lipinski definition) is 2. The van der Waals surface area contributed by atoms with Crippen molar-refractivity contribution in [3.8, 4) is 0 Å². The molecule has 0 amide bonds. The minimum atomic E-state index is 0. The highest BCUT2D eigenvalue weighted by Crippen LogP contribution is 2.14. The van der Waals surface area contributed by atoms with Crippen LogP contribution in [0.3, 0.4) is 0 Å². The summed E-state index contributed by atoms with van der Waals surface area (Å²) in [6.07, 6.45) is 1.92. The van der Waals surface area contributed by atoms with Crippen LogP contribution in [-0.4, -0.2) is 17.5 Å². The fourth-order valence-corrected chi connectivity index (χ4v) is 2.77. The predicted octanol–water partition coefficient (Wildman–Crippen LogP) is 4.05. The van der Waals surface area contributed by atoms with Crippen LogP contribution >= 0.6 is 35.3 Å². The summed E-state index contributed by atoms with van der Waals surface area (Å²) in [5, 5.41) is 6.37. The molecule has 1 aromatic heterocycles. The van der Waals surface area contributed by atoms with Gasteiger partial charge in [-0.25, -0.2) is 4.98 Å². The van der Waals surface area contributed by atoms with E-state index in [-0.39, 0.29) is 24.0 Å². The molecule has 0 aliphatic rings. The van der Waals surface area contributed by atoms with E-state index in [9.17, 15) is 0 Å². The Kier molecular flexibility index (Phi) is 7.81. The number of thiazole rings is 1. The molecule has 0 bridgehead atoms. The van der Waals surface area contributed by atoms with Crippen LogP contribution in [0.25, 0.3) is 0 Å². The number of nitrogens with one attached hydrogen (secondary N) is 1. The molecule has 0 unspecified atom stereocenters. The SMILES string of the molecule is Cc1csc(CCCN=C(N)Nc2ccc(C)c(C)c2)n1.I. The summed E-state index contributed by atoms with van der Waals surface area (Å²) in [5.74, 6) is 0.466. The van der Waals surface area contributed by atoms with Crippen LogP contribution < -0.4 is 11.1 Å². The lowest BCUT2D eigenvalue weighted by Crippen LogP contribution is -2.23. The topological polar surface area (TPSA) is 63.3 Å². The Balaban J connectivity index is 0.00000242. The highest BCUT2D eigenvalue weighted by molar-refractivity contribution is 14.0. The number of rotatable bonds is 5. The fourth-order valence-electron chi connectivity index (χ4n) is 1.95. The van der Waals surface area contributed by atoms with E-state index in [1.54, 1.807) is 11.3 Å². The summed E-state index contributed by atoms with van der Waals surface area (Å²) in [6, 6.07) is 6.18. The van der Waals surface area contributed by atoms with Crippen LogP contribution in [-0.2, 0) is 6.42 Å². The number of hydrogen-bond acceptors (Lipinski definition) is 3. The third-order valence-electron chi connectivity index (χ3n) is 3.28. The Hall–Kier alpha value is -1.15. The van der Waals surface area contributed by atoms with Gasteiger partial charge < -0.3 is 11.1 Å². The number of anilines is 1. The molecule has 0 saturated heterocycles. The monoisotopic (exact) mass is 430 g/mol. The van der Waals surface area contributed by atoms with Gasteiger partial charge in [-0.05, 0) is 50.5 Å². The Labute approximate surface area is 153 Å². The average molecular weight is 430 g/mol. The second-order valence-electron chi connectivity index (χ2n) is 5.18. The van der Waals surface area contributed by atoms with E-state index < -0.39 is 0 Å². The van der Waals surface area contributed by atoms with Crippen LogP contribution in [0, 0.1) is 20.8 Å². The molecule has 2 rings (SSSR count). The first-order chi connectivity index (χ1) is 10.0. The van der Waals surface area contributed by atoms with E-state index in [4.69, 9.17) is 5.73 Å². The van der Waals surface area contributed by atoms with Gasteiger partial charge in [-0.15, -0.1) is 35.3 Å². The minimum absolute atomic E-state index is 0. The van der Waals surface area contributed by atoms with Gasteiger partial charge in [0.15, 0.2) is 5.96 Å². The summed E-state index contributed by atoms with van der Waals surface area (Å²) in [7, 11) is 0. The standard InChI is InChI=1S/C16H22N4S.HI/c1-11-6-7-14(9-12(11)2)20-16(17)18-8-4-5-15-19-13(3)10-21-15;/h6-7,9-10H,4-5,8H2,1-3H3,(H3,17,18,20);1H. The zero-order chi connectivity index (χ0) is 15.2. The molecule has 2 aromatic rings. The van der Waals surface area contributed by atoms with E-state index in [2.05, 4.69) is 46.7 Å². The molecule has 0 aliphatic carbocycles. The molecule has 1 heterocycles. The maximum atomic E-state index is 5.90. The normalized spacial score (nSPS) is 11.1. The molecule has 6 heteroatoms. The van der Waals surface area contributed by atoms with Crippen molar-refractivity contribution in [1.29, 1.82) is 0 Å². The van der Waals surface area contributed by atoms with Gasteiger partial charge in [0.1, 0.15) is 0 Å². The van der Waals surface area contributed by atoms with E-state index in [1.165, 1.54) is 16.1 Å². The zero-order valence-electron chi connectivity index (χ0n) is 13.2. The maximum Gasteiger partial charge on any atom is 0.193 e. The Bertz CT molecular complexity index is 637. The summed E-state index contributed by atoms with van der Waals surface area (Å²) in [4.78, 5) is 8.79. The molecule has 22 heavy (non-hydrogen) atoms. The van der Waals surface area contributed by atoms with E-state index in [1.807, 2.05) is 13.0 Å². The third-order valence-corrected chi connectivity index (χ3v) is 4.30. The van der Waals surface area contributed by atoms with Crippen molar-refractivity contribution < 1.29 is 0 Å². The first-order valence-corrected chi connectivity index (χ1v) is 7.98. The molecule has 120 valence electrons. The number of guanidine groups is 1. The predicted molar refractivity (Wildman–Crippen MR) is 107 cm³/mol. The number of halogens is 1. The maximum absolute atomic E-state index is 5.90. The molecular weight excluding hydrogens is 407 g/mol. The van der Waals surface area contributed by atoms with Gasteiger partial charge in [-0.3, -0.25) is 4.99 Å². The van der Waals surface area contributed by atoms with E-state index in [0.717, 1.165) is 24.2 Å². The van der Waals surface area contributed by atoms with Gasteiger partial charge in [0.25, 0.3) is 0 Å². The van der Waals surface area contributed by atoms with Crippen LogP contribution in [0.5, 0.6) is 0 Å². The lowest BCUT2D eigenvalue weighted by molar-refractivity contribution is 0.823. The van der Waals surface area contributed by atoms with Crippen molar-refractivity contribution in [3.63, 3.8) is 0 Å². The molecule has 0 spiro atoms. The fraction of sp³-hybridized carbons (Fsp3) is 0.375. The Morgan fingerprint density at radius 2 is 2.05 bits per heavy atom. The van der Waals surface area contributed by atoms with Crippen molar-refractivity contribution >= 4 is 47.0 Å². The molecule has 0 aliphatic heterocycles. The Morgan fingerprint density at radius 1 is 1.27 bits per heavy atom. The highest BCUT2D eigenvalue weighted by Gasteiger charge is 2.00. The van der Waals surface area contributed by atoms with Gasteiger partial charge >= 0.3 is 0 Å². The number of nitrogens with zero attached hydrogens (tertiary/aromatic N) is 2. The van der Waals surface area contributed by atoms with Gasteiger partial charge in [0, 0.05) is 29.7 Å². The molecule has 1 aromatic carbocycles. The van der Waals surface area contributed by atoms with Crippen LogP contribution in [0.2, 0.25) is 0 Å². The number of aromatic nitrogens is 1. The number of nitrogens with two attached hydrogens (primary N) is 1. The van der Waals surface area contributed by atoms with Crippen molar-refractivity contribution in [3.05, 3.63) is 45.4 Å². The molecule has 4 nitrogen and oxygen atoms in total. The van der Waals surface area contributed by atoms with Crippen molar-refractivity contribution in [2.24, 2.45) is 10.7 Å². The van der Waals surface area contributed by atoms with E-state index in [0.29, 0.717) is 12.5 Å². The minimum Gasteiger partial charge on any atom is -0.370 e. The summed E-state index contributed by atoms with van der Waals surface area (Å²) in [6.45, 7) is 6.91. The smallest absolute Gasteiger partial charge is 0.193 e. The number of benzene rings is 1. The third kappa shape index (κ3) is 5.92. The van der Waals surface area contributed by atoms with Crippen LogP contribution in [0.1, 0.15) is 28.2 Å².